The van der Waals surface area contributed by atoms with E-state index in [-0.39, 0.29) is 12.7 Å². The standard InChI is InChI=1S/C22H22N2O3S/c1-14-4-7-17(8-5-14)22-20(28-15(2)23-22)11-21(25)24(3)12-16-6-9-18-19(10-16)27-13-26-18/h4-10H,11-13H2,1-3H3. The molecule has 2 heterocycles. The highest BCUT2D eigenvalue weighted by atomic mass is 32.1. The summed E-state index contributed by atoms with van der Waals surface area (Å²) in [6.45, 7) is 4.81. The summed E-state index contributed by atoms with van der Waals surface area (Å²) in [5.74, 6) is 1.55. The number of fused-ring (bicyclic) bond motifs is 1. The molecule has 5 nitrogen and oxygen atoms in total. The summed E-state index contributed by atoms with van der Waals surface area (Å²) in [4.78, 5) is 20.3. The number of hydrogen-bond donors (Lipinski definition) is 0. The zero-order chi connectivity index (χ0) is 19.7. The number of likely N-dealkylation sites (N-methyl/N-ethyl adjacent to an activating group) is 1. The third-order valence-electron chi connectivity index (χ3n) is 4.72. The molecule has 1 aliphatic heterocycles. The van der Waals surface area contributed by atoms with Gasteiger partial charge in [-0.05, 0) is 31.5 Å². The summed E-state index contributed by atoms with van der Waals surface area (Å²) in [7, 11) is 1.83. The summed E-state index contributed by atoms with van der Waals surface area (Å²) < 4.78 is 10.8. The maximum atomic E-state index is 12.8. The number of aromatic nitrogens is 1. The lowest BCUT2D eigenvalue weighted by atomic mass is 10.1. The number of thiazole rings is 1. The van der Waals surface area contributed by atoms with Gasteiger partial charge in [-0.15, -0.1) is 11.3 Å². The van der Waals surface area contributed by atoms with Crippen molar-refractivity contribution < 1.29 is 14.3 Å². The minimum atomic E-state index is 0.0645. The molecule has 28 heavy (non-hydrogen) atoms. The first-order valence-electron chi connectivity index (χ1n) is 9.15. The quantitative estimate of drug-likeness (QED) is 0.645. The Bertz CT molecular complexity index is 1010. The van der Waals surface area contributed by atoms with Gasteiger partial charge in [0.1, 0.15) is 0 Å². The molecule has 6 heteroatoms. The molecule has 1 amide bonds. The predicted molar refractivity (Wildman–Crippen MR) is 110 cm³/mol. The molecule has 1 aliphatic rings. The van der Waals surface area contributed by atoms with Crippen molar-refractivity contribution in [1.29, 1.82) is 0 Å². The van der Waals surface area contributed by atoms with Gasteiger partial charge in [-0.1, -0.05) is 35.9 Å². The summed E-state index contributed by atoms with van der Waals surface area (Å²) >= 11 is 1.59. The number of amides is 1. The van der Waals surface area contributed by atoms with Gasteiger partial charge in [0.05, 0.1) is 17.1 Å². The Hall–Kier alpha value is -2.86. The highest BCUT2D eigenvalue weighted by molar-refractivity contribution is 7.12. The van der Waals surface area contributed by atoms with E-state index in [1.807, 2.05) is 32.2 Å². The van der Waals surface area contributed by atoms with E-state index in [1.54, 1.807) is 16.2 Å². The second-order valence-corrected chi connectivity index (χ2v) is 8.27. The number of aryl methyl sites for hydroxylation is 2. The van der Waals surface area contributed by atoms with E-state index in [0.717, 1.165) is 38.2 Å². The Morgan fingerprint density at radius 1 is 1.11 bits per heavy atom. The van der Waals surface area contributed by atoms with Crippen molar-refractivity contribution in [3.63, 3.8) is 0 Å². The molecule has 144 valence electrons. The molecule has 0 fully saturated rings. The van der Waals surface area contributed by atoms with Gasteiger partial charge in [-0.25, -0.2) is 4.98 Å². The van der Waals surface area contributed by atoms with Gasteiger partial charge < -0.3 is 14.4 Å². The molecule has 0 spiro atoms. The SMILES string of the molecule is Cc1ccc(-c2nc(C)sc2CC(=O)N(C)Cc2ccc3c(c2)OCO3)cc1. The van der Waals surface area contributed by atoms with Crippen molar-refractivity contribution >= 4 is 17.2 Å². The van der Waals surface area contributed by atoms with E-state index in [1.165, 1.54) is 5.56 Å². The Morgan fingerprint density at radius 2 is 1.86 bits per heavy atom. The minimum absolute atomic E-state index is 0.0645. The van der Waals surface area contributed by atoms with Gasteiger partial charge >= 0.3 is 0 Å². The smallest absolute Gasteiger partial charge is 0.231 e. The number of carbonyl (C=O) groups is 1. The fourth-order valence-electron chi connectivity index (χ4n) is 3.20. The fraction of sp³-hybridized carbons (Fsp3) is 0.273. The van der Waals surface area contributed by atoms with Crippen LogP contribution < -0.4 is 9.47 Å². The number of carbonyl (C=O) groups excluding carboxylic acids is 1. The molecular weight excluding hydrogens is 372 g/mol. The van der Waals surface area contributed by atoms with Crippen molar-refractivity contribution in [2.45, 2.75) is 26.8 Å². The van der Waals surface area contributed by atoms with E-state index in [2.05, 4.69) is 36.2 Å². The molecule has 0 radical (unpaired) electrons. The predicted octanol–water partition coefficient (Wildman–Crippen LogP) is 4.36. The Morgan fingerprint density at radius 3 is 2.64 bits per heavy atom. The minimum Gasteiger partial charge on any atom is -0.454 e. The van der Waals surface area contributed by atoms with Crippen molar-refractivity contribution in [3.05, 3.63) is 63.5 Å². The van der Waals surface area contributed by atoms with E-state index < -0.39 is 0 Å². The van der Waals surface area contributed by atoms with Gasteiger partial charge in [0.2, 0.25) is 12.7 Å². The zero-order valence-electron chi connectivity index (χ0n) is 16.2. The van der Waals surface area contributed by atoms with Crippen LogP contribution in [0.15, 0.2) is 42.5 Å². The number of rotatable bonds is 5. The first-order valence-corrected chi connectivity index (χ1v) is 9.97. The van der Waals surface area contributed by atoms with Gasteiger partial charge in [0, 0.05) is 24.0 Å². The summed E-state index contributed by atoms with van der Waals surface area (Å²) in [5, 5.41) is 0.969. The third-order valence-corrected chi connectivity index (χ3v) is 5.69. The van der Waals surface area contributed by atoms with Crippen LogP contribution in [0, 0.1) is 13.8 Å². The average molecular weight is 394 g/mol. The molecule has 0 saturated heterocycles. The molecule has 4 rings (SSSR count). The monoisotopic (exact) mass is 394 g/mol. The number of nitrogens with zero attached hydrogens (tertiary/aromatic N) is 2. The highest BCUT2D eigenvalue weighted by Crippen LogP contribution is 2.33. The molecule has 0 aliphatic carbocycles. The fourth-order valence-corrected chi connectivity index (χ4v) is 4.15. The zero-order valence-corrected chi connectivity index (χ0v) is 17.0. The van der Waals surface area contributed by atoms with Crippen LogP contribution in [0.3, 0.4) is 0 Å². The number of benzene rings is 2. The van der Waals surface area contributed by atoms with Crippen molar-refractivity contribution in [2.24, 2.45) is 0 Å². The highest BCUT2D eigenvalue weighted by Gasteiger charge is 2.19. The second-order valence-electron chi connectivity index (χ2n) is 6.98. The lowest BCUT2D eigenvalue weighted by Gasteiger charge is -2.17. The molecule has 3 aromatic rings. The van der Waals surface area contributed by atoms with Gasteiger partial charge in [-0.2, -0.15) is 0 Å². The van der Waals surface area contributed by atoms with Gasteiger partial charge in [-0.3, -0.25) is 4.79 Å². The lowest BCUT2D eigenvalue weighted by Crippen LogP contribution is -2.27. The van der Waals surface area contributed by atoms with Crippen LogP contribution in [-0.4, -0.2) is 29.6 Å². The topological polar surface area (TPSA) is 51.7 Å². The van der Waals surface area contributed by atoms with E-state index in [9.17, 15) is 4.79 Å². The third kappa shape index (κ3) is 3.87. The lowest BCUT2D eigenvalue weighted by molar-refractivity contribution is -0.129. The summed E-state index contributed by atoms with van der Waals surface area (Å²) in [6.07, 6.45) is 0.343. The first-order chi connectivity index (χ1) is 13.5. The Balaban J connectivity index is 1.48. The average Bonchev–Trinajstić information content (AvgIpc) is 3.28. The molecule has 2 aromatic carbocycles. The van der Waals surface area contributed by atoms with Crippen LogP contribution in [0.1, 0.15) is 21.0 Å². The molecule has 0 N–H and O–H groups in total. The van der Waals surface area contributed by atoms with Crippen LogP contribution in [0.5, 0.6) is 11.5 Å². The molecule has 0 saturated carbocycles. The number of hydrogen-bond acceptors (Lipinski definition) is 5. The normalized spacial score (nSPS) is 12.2. The Kier molecular flexibility index (Phi) is 5.05. The molecule has 0 bridgehead atoms. The molecule has 1 aromatic heterocycles. The van der Waals surface area contributed by atoms with Crippen LogP contribution in [0.25, 0.3) is 11.3 Å². The molecule has 0 atom stereocenters. The van der Waals surface area contributed by atoms with Gasteiger partial charge in [0.15, 0.2) is 11.5 Å². The van der Waals surface area contributed by atoms with E-state index in [4.69, 9.17) is 9.47 Å². The largest absolute Gasteiger partial charge is 0.454 e. The van der Waals surface area contributed by atoms with E-state index >= 15 is 0 Å². The van der Waals surface area contributed by atoms with Crippen molar-refractivity contribution in [1.82, 2.24) is 9.88 Å². The maximum absolute atomic E-state index is 12.8. The van der Waals surface area contributed by atoms with Crippen LogP contribution >= 0.6 is 11.3 Å². The Labute approximate surface area is 168 Å². The molecular formula is C22H22N2O3S. The second kappa shape index (κ2) is 7.64. The summed E-state index contributed by atoms with van der Waals surface area (Å²) in [6, 6.07) is 14.1. The first kappa shape index (κ1) is 18.5. The van der Waals surface area contributed by atoms with Crippen molar-refractivity contribution in [3.8, 4) is 22.8 Å². The summed E-state index contributed by atoms with van der Waals surface area (Å²) in [5.41, 5.74) is 4.18. The maximum Gasteiger partial charge on any atom is 0.231 e. The van der Waals surface area contributed by atoms with Crippen LogP contribution in [0.4, 0.5) is 0 Å². The van der Waals surface area contributed by atoms with Crippen molar-refractivity contribution in [2.75, 3.05) is 13.8 Å². The number of ether oxygens (including phenoxy) is 2. The van der Waals surface area contributed by atoms with Crippen LogP contribution in [0.2, 0.25) is 0 Å². The van der Waals surface area contributed by atoms with Crippen LogP contribution in [-0.2, 0) is 17.8 Å². The van der Waals surface area contributed by atoms with E-state index in [0.29, 0.717) is 13.0 Å². The van der Waals surface area contributed by atoms with Gasteiger partial charge in [0.25, 0.3) is 0 Å². The molecule has 0 unspecified atom stereocenters.